The van der Waals surface area contributed by atoms with Crippen molar-refractivity contribution in [3.8, 4) is 0 Å². The van der Waals surface area contributed by atoms with E-state index in [0.29, 0.717) is 12.8 Å². The first-order valence-electron chi connectivity index (χ1n) is 6.52. The van der Waals surface area contributed by atoms with Gasteiger partial charge in [-0.1, -0.05) is 12.8 Å². The quantitative estimate of drug-likeness (QED) is 0.425. The molecule has 0 aliphatic heterocycles. The predicted molar refractivity (Wildman–Crippen MR) is 69.2 cm³/mol. The van der Waals surface area contributed by atoms with Crippen molar-refractivity contribution in [2.75, 3.05) is 6.54 Å². The molecule has 110 valence electrons. The largest absolute Gasteiger partial charge is 0.480 e. The van der Waals surface area contributed by atoms with Gasteiger partial charge in [-0.15, -0.1) is 0 Å². The van der Waals surface area contributed by atoms with E-state index in [1.165, 1.54) is 6.92 Å². The number of nitrogens with one attached hydrogen (secondary N) is 1. The molecule has 1 aliphatic carbocycles. The molecule has 0 aromatic heterocycles. The van der Waals surface area contributed by atoms with Gasteiger partial charge in [-0.2, -0.15) is 0 Å². The molecule has 4 atom stereocenters. The Bertz CT molecular complexity index is 348. The lowest BCUT2D eigenvalue weighted by atomic mass is 9.73. The molecule has 1 aliphatic rings. The molecule has 1 amide bonds. The normalized spacial score (nSPS) is 30.4. The van der Waals surface area contributed by atoms with Crippen LogP contribution in [0.4, 0.5) is 0 Å². The summed E-state index contributed by atoms with van der Waals surface area (Å²) in [5.74, 6) is -1.84. The van der Waals surface area contributed by atoms with Gasteiger partial charge in [0.2, 0.25) is 5.91 Å². The lowest BCUT2D eigenvalue weighted by Gasteiger charge is -2.37. The van der Waals surface area contributed by atoms with E-state index in [4.69, 9.17) is 11.5 Å². The fourth-order valence-corrected chi connectivity index (χ4v) is 2.40. The van der Waals surface area contributed by atoms with Gasteiger partial charge >= 0.3 is 5.97 Å². The minimum Gasteiger partial charge on any atom is -0.480 e. The average molecular weight is 273 g/mol. The number of nitrogens with two attached hydrogens (primary N) is 2. The van der Waals surface area contributed by atoms with Crippen molar-refractivity contribution in [2.45, 2.75) is 50.3 Å². The van der Waals surface area contributed by atoms with Gasteiger partial charge in [0.1, 0.15) is 11.6 Å². The molecule has 7 nitrogen and oxygen atoms in total. The lowest BCUT2D eigenvalue weighted by molar-refractivity contribution is -0.147. The highest BCUT2D eigenvalue weighted by Crippen LogP contribution is 2.31. The smallest absolute Gasteiger partial charge is 0.324 e. The Hall–Kier alpha value is -1.18. The average Bonchev–Trinajstić information content (AvgIpc) is 2.36. The van der Waals surface area contributed by atoms with Crippen LogP contribution < -0.4 is 16.8 Å². The number of carboxylic acid groups (broad SMARTS) is 1. The molecule has 7 N–H and O–H groups in total. The van der Waals surface area contributed by atoms with Crippen LogP contribution in [0.25, 0.3) is 0 Å². The molecule has 0 heterocycles. The van der Waals surface area contributed by atoms with Crippen molar-refractivity contribution >= 4 is 11.9 Å². The Balaban J connectivity index is 2.60. The topological polar surface area (TPSA) is 139 Å². The maximum absolute atomic E-state index is 11.6. The second-order valence-corrected chi connectivity index (χ2v) is 5.30. The van der Waals surface area contributed by atoms with Crippen LogP contribution >= 0.6 is 0 Å². The van der Waals surface area contributed by atoms with E-state index in [1.807, 2.05) is 0 Å². The minimum absolute atomic E-state index is 0.169. The number of carbonyl (C=O) groups is 2. The molecule has 0 unspecified atom stereocenters. The molecule has 0 aromatic carbocycles. The maximum Gasteiger partial charge on any atom is 0.324 e. The van der Waals surface area contributed by atoms with Crippen molar-refractivity contribution in [3.63, 3.8) is 0 Å². The van der Waals surface area contributed by atoms with E-state index < -0.39 is 29.6 Å². The Morgan fingerprint density at radius 3 is 2.63 bits per heavy atom. The number of aliphatic hydroxyl groups is 1. The standard InChI is InChI=1S/C12H23N3O4/c1-7(16)9(13)10(17)15-6-8-4-2-3-5-12(8,14)11(18)19/h7-9,16H,2-6,13-14H2,1H3,(H,15,17)(H,18,19)/t7-,8+,9+,12-/m1/s1. The fraction of sp³-hybridized carbons (Fsp3) is 0.833. The summed E-state index contributed by atoms with van der Waals surface area (Å²) in [5.41, 5.74) is 10.1. The van der Waals surface area contributed by atoms with Crippen molar-refractivity contribution in [3.05, 3.63) is 0 Å². The van der Waals surface area contributed by atoms with E-state index in [0.717, 1.165) is 12.8 Å². The van der Waals surface area contributed by atoms with Crippen LogP contribution in [-0.2, 0) is 9.59 Å². The summed E-state index contributed by atoms with van der Waals surface area (Å²) in [6.07, 6.45) is 1.79. The highest BCUT2D eigenvalue weighted by molar-refractivity contribution is 5.82. The van der Waals surface area contributed by atoms with Gasteiger partial charge in [0.15, 0.2) is 0 Å². The van der Waals surface area contributed by atoms with Crippen LogP contribution in [0.5, 0.6) is 0 Å². The molecular weight excluding hydrogens is 250 g/mol. The fourth-order valence-electron chi connectivity index (χ4n) is 2.40. The van der Waals surface area contributed by atoms with Gasteiger partial charge < -0.3 is 27.0 Å². The number of carboxylic acids is 1. The van der Waals surface area contributed by atoms with Crippen LogP contribution in [0.3, 0.4) is 0 Å². The zero-order valence-corrected chi connectivity index (χ0v) is 11.1. The highest BCUT2D eigenvalue weighted by Gasteiger charge is 2.43. The zero-order chi connectivity index (χ0) is 14.6. The number of aliphatic carboxylic acids is 1. The van der Waals surface area contributed by atoms with Gasteiger partial charge in [0.05, 0.1) is 6.10 Å². The summed E-state index contributed by atoms with van der Waals surface area (Å²) in [6, 6.07) is -1.01. The van der Waals surface area contributed by atoms with E-state index in [-0.39, 0.29) is 12.5 Å². The van der Waals surface area contributed by atoms with E-state index in [9.17, 15) is 19.8 Å². The molecule has 19 heavy (non-hydrogen) atoms. The number of aliphatic hydroxyl groups excluding tert-OH is 1. The van der Waals surface area contributed by atoms with Gasteiger partial charge in [0, 0.05) is 12.5 Å². The van der Waals surface area contributed by atoms with Gasteiger partial charge in [-0.3, -0.25) is 9.59 Å². The lowest BCUT2D eigenvalue weighted by Crippen LogP contribution is -2.59. The summed E-state index contributed by atoms with van der Waals surface area (Å²) >= 11 is 0. The second-order valence-electron chi connectivity index (χ2n) is 5.30. The summed E-state index contributed by atoms with van der Waals surface area (Å²) in [6.45, 7) is 1.59. The molecule has 1 rings (SSSR count). The molecule has 1 fully saturated rings. The van der Waals surface area contributed by atoms with Gasteiger partial charge in [0.25, 0.3) is 0 Å². The second kappa shape index (κ2) is 6.31. The van der Waals surface area contributed by atoms with Crippen molar-refractivity contribution in [2.24, 2.45) is 17.4 Å². The van der Waals surface area contributed by atoms with Crippen LogP contribution in [0.15, 0.2) is 0 Å². The molecule has 0 saturated heterocycles. The van der Waals surface area contributed by atoms with Gasteiger partial charge in [-0.05, 0) is 19.8 Å². The Labute approximate surface area is 112 Å². The minimum atomic E-state index is -1.29. The predicted octanol–water partition coefficient (Wildman–Crippen LogP) is -1.22. The third-order valence-corrected chi connectivity index (χ3v) is 3.86. The summed E-state index contributed by atoms with van der Waals surface area (Å²) in [4.78, 5) is 22.9. The number of hydrogen-bond donors (Lipinski definition) is 5. The molecule has 0 aromatic rings. The number of amides is 1. The molecular formula is C12H23N3O4. The molecule has 7 heteroatoms. The maximum atomic E-state index is 11.6. The third kappa shape index (κ3) is 3.65. The molecule has 0 spiro atoms. The van der Waals surface area contributed by atoms with Crippen LogP contribution in [0, 0.1) is 5.92 Å². The first-order valence-corrected chi connectivity index (χ1v) is 6.52. The molecule has 1 saturated carbocycles. The van der Waals surface area contributed by atoms with E-state index in [1.54, 1.807) is 0 Å². The Morgan fingerprint density at radius 2 is 2.11 bits per heavy atom. The van der Waals surface area contributed by atoms with Crippen LogP contribution in [-0.4, -0.2) is 46.3 Å². The number of hydrogen-bond acceptors (Lipinski definition) is 5. The summed E-state index contributed by atoms with van der Waals surface area (Å²) < 4.78 is 0. The molecule has 0 bridgehead atoms. The number of carbonyl (C=O) groups excluding carboxylic acids is 1. The zero-order valence-electron chi connectivity index (χ0n) is 11.1. The van der Waals surface area contributed by atoms with Crippen molar-refractivity contribution in [1.82, 2.24) is 5.32 Å². The summed E-state index contributed by atoms with van der Waals surface area (Å²) in [5, 5.41) is 21.0. The first kappa shape index (κ1) is 15.9. The monoisotopic (exact) mass is 273 g/mol. The Kier molecular flexibility index (Phi) is 5.28. The number of rotatable bonds is 5. The summed E-state index contributed by atoms with van der Waals surface area (Å²) in [7, 11) is 0. The highest BCUT2D eigenvalue weighted by atomic mass is 16.4. The third-order valence-electron chi connectivity index (χ3n) is 3.86. The SMILES string of the molecule is C[C@@H](O)[C@H](N)C(=O)NC[C@@H]1CCCC[C@]1(N)C(=O)O. The van der Waals surface area contributed by atoms with E-state index >= 15 is 0 Å². The van der Waals surface area contributed by atoms with Crippen LogP contribution in [0.1, 0.15) is 32.6 Å². The Morgan fingerprint density at radius 1 is 1.47 bits per heavy atom. The van der Waals surface area contributed by atoms with E-state index in [2.05, 4.69) is 5.32 Å². The first-order chi connectivity index (χ1) is 8.79. The van der Waals surface area contributed by atoms with Crippen molar-refractivity contribution in [1.29, 1.82) is 0 Å². The van der Waals surface area contributed by atoms with Crippen molar-refractivity contribution < 1.29 is 19.8 Å². The van der Waals surface area contributed by atoms with Gasteiger partial charge in [-0.25, -0.2) is 0 Å². The van der Waals surface area contributed by atoms with Crippen LogP contribution in [0.2, 0.25) is 0 Å². The molecule has 0 radical (unpaired) electrons.